The van der Waals surface area contributed by atoms with Crippen molar-refractivity contribution in [1.29, 1.82) is 0 Å². The highest BCUT2D eigenvalue weighted by molar-refractivity contribution is 5.96. The van der Waals surface area contributed by atoms with E-state index in [9.17, 15) is 14.7 Å². The lowest BCUT2D eigenvalue weighted by Crippen LogP contribution is -2.43. The fourth-order valence-corrected chi connectivity index (χ4v) is 3.90. The van der Waals surface area contributed by atoms with Crippen LogP contribution in [0, 0.1) is 11.8 Å². The molecule has 142 valence electrons. The largest absolute Gasteiger partial charge is 0.388 e. The van der Waals surface area contributed by atoms with E-state index in [-0.39, 0.29) is 17.7 Å². The maximum atomic E-state index is 12.7. The predicted octanol–water partition coefficient (Wildman–Crippen LogP) is 3.44. The van der Waals surface area contributed by atoms with Crippen LogP contribution in [-0.2, 0) is 4.79 Å². The van der Waals surface area contributed by atoms with Gasteiger partial charge in [0.25, 0.3) is 5.91 Å². The summed E-state index contributed by atoms with van der Waals surface area (Å²) in [5, 5.41) is 13.7. The second-order valence-electron chi connectivity index (χ2n) is 8.19. The standard InChI is InChI=1S/C21H30N2O3/c1-15-13-18(15)19(24)22-17-9-7-16(8-10-17)20(25)23(2)14-21(26)11-5-3-4-6-12-21/h7-10,15,18,26H,3-6,11-14H2,1-2H3,(H,22,24)/t15-,18-/m1/s1. The van der Waals surface area contributed by atoms with Crippen molar-refractivity contribution in [3.63, 3.8) is 0 Å². The smallest absolute Gasteiger partial charge is 0.253 e. The molecule has 2 saturated carbocycles. The number of carbonyl (C=O) groups excluding carboxylic acids is 2. The molecule has 0 heterocycles. The van der Waals surface area contributed by atoms with E-state index in [1.807, 2.05) is 0 Å². The molecular formula is C21H30N2O3. The minimum Gasteiger partial charge on any atom is -0.388 e. The van der Waals surface area contributed by atoms with Crippen molar-refractivity contribution >= 4 is 17.5 Å². The van der Waals surface area contributed by atoms with Gasteiger partial charge in [-0.2, -0.15) is 0 Å². The van der Waals surface area contributed by atoms with Crippen molar-refractivity contribution in [3.8, 4) is 0 Å². The quantitative estimate of drug-likeness (QED) is 0.792. The van der Waals surface area contributed by atoms with Crippen molar-refractivity contribution < 1.29 is 14.7 Å². The fourth-order valence-electron chi connectivity index (χ4n) is 3.90. The van der Waals surface area contributed by atoms with E-state index in [1.54, 1.807) is 36.2 Å². The summed E-state index contributed by atoms with van der Waals surface area (Å²) in [5.74, 6) is 0.558. The van der Waals surface area contributed by atoms with Crippen molar-refractivity contribution in [2.45, 2.75) is 57.5 Å². The van der Waals surface area contributed by atoms with E-state index in [0.29, 0.717) is 18.0 Å². The van der Waals surface area contributed by atoms with Crippen molar-refractivity contribution in [1.82, 2.24) is 4.90 Å². The first kappa shape index (κ1) is 18.9. The van der Waals surface area contributed by atoms with Gasteiger partial charge in [0.1, 0.15) is 0 Å². The molecule has 0 aliphatic heterocycles. The number of hydrogen-bond donors (Lipinski definition) is 2. The highest BCUT2D eigenvalue weighted by Crippen LogP contribution is 2.38. The molecule has 0 unspecified atom stereocenters. The summed E-state index contributed by atoms with van der Waals surface area (Å²) in [4.78, 5) is 26.3. The zero-order valence-electron chi connectivity index (χ0n) is 15.8. The van der Waals surface area contributed by atoms with Crippen LogP contribution in [-0.4, -0.2) is 41.0 Å². The van der Waals surface area contributed by atoms with Gasteiger partial charge in [0.05, 0.1) is 5.60 Å². The number of nitrogens with one attached hydrogen (secondary N) is 1. The van der Waals surface area contributed by atoms with Crippen LogP contribution in [0.2, 0.25) is 0 Å². The minimum atomic E-state index is -0.768. The summed E-state index contributed by atoms with van der Waals surface area (Å²) in [5.41, 5.74) is 0.522. The molecule has 2 aliphatic carbocycles. The number of nitrogens with zero attached hydrogens (tertiary/aromatic N) is 1. The fraction of sp³-hybridized carbons (Fsp3) is 0.619. The molecule has 2 atom stereocenters. The van der Waals surface area contributed by atoms with Crippen molar-refractivity contribution in [2.24, 2.45) is 11.8 Å². The Hall–Kier alpha value is -1.88. The summed E-state index contributed by atoms with van der Waals surface area (Å²) in [7, 11) is 1.75. The van der Waals surface area contributed by atoms with Crippen molar-refractivity contribution in [2.75, 3.05) is 18.9 Å². The van der Waals surface area contributed by atoms with Gasteiger partial charge in [0.2, 0.25) is 5.91 Å². The van der Waals surface area contributed by atoms with Crippen molar-refractivity contribution in [3.05, 3.63) is 29.8 Å². The molecule has 0 bridgehead atoms. The molecular weight excluding hydrogens is 328 g/mol. The van der Waals surface area contributed by atoms with Gasteiger partial charge in [-0.25, -0.2) is 0 Å². The zero-order chi connectivity index (χ0) is 18.7. The normalized spacial score (nSPS) is 24.4. The van der Waals surface area contributed by atoms with Crippen LogP contribution in [0.4, 0.5) is 5.69 Å². The predicted molar refractivity (Wildman–Crippen MR) is 102 cm³/mol. The van der Waals surface area contributed by atoms with Crippen LogP contribution in [0.1, 0.15) is 62.2 Å². The first-order chi connectivity index (χ1) is 12.4. The maximum Gasteiger partial charge on any atom is 0.253 e. The lowest BCUT2D eigenvalue weighted by atomic mass is 9.94. The number of likely N-dealkylation sites (N-methyl/N-ethyl adjacent to an activating group) is 1. The molecule has 26 heavy (non-hydrogen) atoms. The Morgan fingerprint density at radius 1 is 1.15 bits per heavy atom. The summed E-state index contributed by atoms with van der Waals surface area (Å²) >= 11 is 0. The van der Waals surface area contributed by atoms with Gasteiger partial charge in [0.15, 0.2) is 0 Å². The van der Waals surface area contributed by atoms with Crippen LogP contribution in [0.25, 0.3) is 0 Å². The first-order valence-corrected chi connectivity index (χ1v) is 9.77. The van der Waals surface area contributed by atoms with Crippen LogP contribution < -0.4 is 5.32 Å². The Kier molecular flexibility index (Phi) is 5.66. The molecule has 0 saturated heterocycles. The average molecular weight is 358 g/mol. The number of carbonyl (C=O) groups is 2. The van der Waals surface area contributed by atoms with Crippen LogP contribution in [0.15, 0.2) is 24.3 Å². The van der Waals surface area contributed by atoms with E-state index in [4.69, 9.17) is 0 Å². The Labute approximate surface area is 155 Å². The van der Waals surface area contributed by atoms with Gasteiger partial charge >= 0.3 is 0 Å². The topological polar surface area (TPSA) is 69.6 Å². The molecule has 5 nitrogen and oxygen atoms in total. The molecule has 0 spiro atoms. The third-order valence-corrected chi connectivity index (χ3v) is 5.76. The van der Waals surface area contributed by atoms with E-state index in [0.717, 1.165) is 50.6 Å². The average Bonchev–Trinajstić information content (AvgIpc) is 3.38. The van der Waals surface area contributed by atoms with E-state index in [1.165, 1.54) is 0 Å². The third-order valence-electron chi connectivity index (χ3n) is 5.76. The van der Waals surface area contributed by atoms with Gasteiger partial charge in [-0.1, -0.05) is 32.6 Å². The SMILES string of the molecule is C[C@@H]1C[C@H]1C(=O)Nc1ccc(C(=O)N(C)CC2(O)CCCCCC2)cc1. The lowest BCUT2D eigenvalue weighted by molar-refractivity contribution is -0.117. The molecule has 2 amide bonds. The maximum absolute atomic E-state index is 12.7. The summed E-state index contributed by atoms with van der Waals surface area (Å²) < 4.78 is 0. The summed E-state index contributed by atoms with van der Waals surface area (Å²) in [6.45, 7) is 2.44. The third kappa shape index (κ3) is 4.64. The highest BCUT2D eigenvalue weighted by atomic mass is 16.3. The van der Waals surface area contributed by atoms with Gasteiger partial charge in [-0.3, -0.25) is 9.59 Å². The molecule has 1 aromatic carbocycles. The van der Waals surface area contributed by atoms with E-state index in [2.05, 4.69) is 12.2 Å². The number of amides is 2. The molecule has 3 rings (SSSR count). The molecule has 0 aromatic heterocycles. The number of rotatable bonds is 5. The molecule has 1 aromatic rings. The monoisotopic (exact) mass is 358 g/mol. The van der Waals surface area contributed by atoms with E-state index >= 15 is 0 Å². The Morgan fingerprint density at radius 2 is 1.73 bits per heavy atom. The lowest BCUT2D eigenvalue weighted by Gasteiger charge is -2.31. The molecule has 2 fully saturated rings. The molecule has 0 radical (unpaired) electrons. The Morgan fingerprint density at radius 3 is 2.27 bits per heavy atom. The molecule has 5 heteroatoms. The second kappa shape index (κ2) is 7.78. The molecule has 2 N–H and O–H groups in total. The van der Waals surface area contributed by atoms with Gasteiger partial charge in [0, 0.05) is 30.8 Å². The summed E-state index contributed by atoms with van der Waals surface area (Å²) in [6, 6.07) is 7.02. The minimum absolute atomic E-state index is 0.0595. The van der Waals surface area contributed by atoms with Gasteiger partial charge < -0.3 is 15.3 Å². The number of aliphatic hydroxyl groups is 1. The number of benzene rings is 1. The number of anilines is 1. The number of hydrogen-bond acceptors (Lipinski definition) is 3. The zero-order valence-corrected chi connectivity index (χ0v) is 15.8. The van der Waals surface area contributed by atoms with E-state index < -0.39 is 5.60 Å². The van der Waals surface area contributed by atoms with Gasteiger partial charge in [-0.15, -0.1) is 0 Å². The van der Waals surface area contributed by atoms with Gasteiger partial charge in [-0.05, 0) is 49.4 Å². The van der Waals surface area contributed by atoms with Crippen LogP contribution in [0.5, 0.6) is 0 Å². The first-order valence-electron chi connectivity index (χ1n) is 9.77. The highest BCUT2D eigenvalue weighted by Gasteiger charge is 2.39. The summed E-state index contributed by atoms with van der Waals surface area (Å²) in [6.07, 6.45) is 6.83. The van der Waals surface area contributed by atoms with Crippen LogP contribution >= 0.6 is 0 Å². The van der Waals surface area contributed by atoms with Crippen LogP contribution in [0.3, 0.4) is 0 Å². The Balaban J connectivity index is 1.57. The second-order valence-corrected chi connectivity index (χ2v) is 8.19. The molecule has 2 aliphatic rings. The Bertz CT molecular complexity index is 648.